The first-order valence-corrected chi connectivity index (χ1v) is 8.48. The van der Waals surface area contributed by atoms with Crippen molar-refractivity contribution in [3.8, 4) is 0 Å². The number of carbonyl (C=O) groups is 2. The van der Waals surface area contributed by atoms with Crippen LogP contribution in [0.15, 0.2) is 30.9 Å². The van der Waals surface area contributed by atoms with Gasteiger partial charge in [0.1, 0.15) is 11.5 Å². The highest BCUT2D eigenvalue weighted by Gasteiger charge is 2.21. The number of pyridine rings is 1. The molecule has 0 unspecified atom stereocenters. The van der Waals surface area contributed by atoms with Gasteiger partial charge >= 0.3 is 0 Å². The van der Waals surface area contributed by atoms with Crippen molar-refractivity contribution in [2.24, 2.45) is 5.92 Å². The zero-order valence-electron chi connectivity index (χ0n) is 14.2. The van der Waals surface area contributed by atoms with Crippen molar-refractivity contribution in [1.82, 2.24) is 15.0 Å². The van der Waals surface area contributed by atoms with Gasteiger partial charge in [0.25, 0.3) is 5.91 Å². The fourth-order valence-electron chi connectivity index (χ4n) is 2.95. The first kappa shape index (κ1) is 17.0. The molecule has 2 amide bonds. The Labute approximate surface area is 146 Å². The molecule has 1 aliphatic carbocycles. The predicted octanol–water partition coefficient (Wildman–Crippen LogP) is 2.95. The topological polar surface area (TPSA) is 96.9 Å². The van der Waals surface area contributed by atoms with E-state index in [4.69, 9.17) is 0 Å². The smallest absolute Gasteiger partial charge is 0.275 e. The molecule has 1 saturated carbocycles. The maximum absolute atomic E-state index is 12.3. The highest BCUT2D eigenvalue weighted by atomic mass is 16.2. The second kappa shape index (κ2) is 7.83. The Hall–Kier alpha value is -2.83. The zero-order chi connectivity index (χ0) is 17.6. The summed E-state index contributed by atoms with van der Waals surface area (Å²) in [4.78, 5) is 36.5. The number of rotatable bonds is 4. The Morgan fingerprint density at radius 3 is 2.52 bits per heavy atom. The average Bonchev–Trinajstić information content (AvgIpc) is 2.65. The summed E-state index contributed by atoms with van der Waals surface area (Å²) in [7, 11) is 0. The molecule has 0 saturated heterocycles. The SMILES string of the molecule is Cc1cc(NC(=O)C2CCCCC2)ncc1NC(=O)c1cnccn1. The summed E-state index contributed by atoms with van der Waals surface area (Å²) in [5.74, 6) is 0.261. The maximum Gasteiger partial charge on any atom is 0.275 e. The molecular formula is C18H21N5O2. The van der Waals surface area contributed by atoms with E-state index in [0.717, 1.165) is 31.2 Å². The van der Waals surface area contributed by atoms with Gasteiger partial charge in [-0.25, -0.2) is 9.97 Å². The van der Waals surface area contributed by atoms with Gasteiger partial charge in [0.15, 0.2) is 0 Å². The average molecular weight is 339 g/mol. The molecule has 2 aromatic rings. The van der Waals surface area contributed by atoms with E-state index in [2.05, 4.69) is 25.6 Å². The molecule has 2 aromatic heterocycles. The van der Waals surface area contributed by atoms with E-state index >= 15 is 0 Å². The van der Waals surface area contributed by atoms with Crippen LogP contribution in [0.1, 0.15) is 48.2 Å². The van der Waals surface area contributed by atoms with E-state index in [1.54, 1.807) is 12.3 Å². The normalized spacial score (nSPS) is 14.8. The second-order valence-electron chi connectivity index (χ2n) is 6.25. The van der Waals surface area contributed by atoms with Gasteiger partial charge in [0.2, 0.25) is 5.91 Å². The third-order valence-electron chi connectivity index (χ3n) is 4.38. The number of nitrogens with zero attached hydrogens (tertiary/aromatic N) is 3. The van der Waals surface area contributed by atoms with Crippen LogP contribution in [-0.4, -0.2) is 26.8 Å². The van der Waals surface area contributed by atoms with Gasteiger partial charge in [-0.3, -0.25) is 14.6 Å². The Kier molecular flexibility index (Phi) is 5.33. The third kappa shape index (κ3) is 4.37. The number of anilines is 2. The molecule has 0 spiro atoms. The minimum absolute atomic E-state index is 0.0305. The summed E-state index contributed by atoms with van der Waals surface area (Å²) >= 11 is 0. The molecule has 1 aliphatic rings. The van der Waals surface area contributed by atoms with Gasteiger partial charge < -0.3 is 10.6 Å². The largest absolute Gasteiger partial charge is 0.319 e. The number of hydrogen-bond acceptors (Lipinski definition) is 5. The van der Waals surface area contributed by atoms with Crippen molar-refractivity contribution in [2.75, 3.05) is 10.6 Å². The molecule has 2 heterocycles. The summed E-state index contributed by atoms with van der Waals surface area (Å²) in [6.07, 6.45) is 11.2. The number of aryl methyl sites for hydroxylation is 1. The monoisotopic (exact) mass is 339 g/mol. The van der Waals surface area contributed by atoms with Crippen molar-refractivity contribution in [3.63, 3.8) is 0 Å². The summed E-state index contributed by atoms with van der Waals surface area (Å²) in [5, 5.41) is 5.63. The lowest BCUT2D eigenvalue weighted by atomic mass is 9.89. The second-order valence-corrected chi connectivity index (χ2v) is 6.25. The van der Waals surface area contributed by atoms with Gasteiger partial charge in [-0.15, -0.1) is 0 Å². The van der Waals surface area contributed by atoms with Crippen LogP contribution in [0.4, 0.5) is 11.5 Å². The van der Waals surface area contributed by atoms with Crippen molar-refractivity contribution in [2.45, 2.75) is 39.0 Å². The van der Waals surface area contributed by atoms with Crippen molar-refractivity contribution >= 4 is 23.3 Å². The lowest BCUT2D eigenvalue weighted by Gasteiger charge is -2.20. The first-order chi connectivity index (χ1) is 12.1. The fraction of sp³-hybridized carbons (Fsp3) is 0.389. The summed E-state index contributed by atoms with van der Waals surface area (Å²) in [6.45, 7) is 1.85. The molecule has 0 aromatic carbocycles. The van der Waals surface area contributed by atoms with Crippen LogP contribution in [0.25, 0.3) is 0 Å². The van der Waals surface area contributed by atoms with Crippen LogP contribution < -0.4 is 10.6 Å². The quantitative estimate of drug-likeness (QED) is 0.892. The molecule has 7 heteroatoms. The van der Waals surface area contributed by atoms with E-state index < -0.39 is 0 Å². The molecule has 25 heavy (non-hydrogen) atoms. The van der Waals surface area contributed by atoms with Crippen LogP contribution in [-0.2, 0) is 4.79 Å². The van der Waals surface area contributed by atoms with E-state index in [-0.39, 0.29) is 23.4 Å². The van der Waals surface area contributed by atoms with Crippen LogP contribution in [0.2, 0.25) is 0 Å². The Morgan fingerprint density at radius 2 is 1.84 bits per heavy atom. The summed E-state index contributed by atoms with van der Waals surface area (Å²) < 4.78 is 0. The van der Waals surface area contributed by atoms with Gasteiger partial charge in [-0.05, 0) is 31.4 Å². The van der Waals surface area contributed by atoms with Crippen molar-refractivity contribution in [3.05, 3.63) is 42.1 Å². The van der Waals surface area contributed by atoms with E-state index in [9.17, 15) is 9.59 Å². The number of hydrogen-bond donors (Lipinski definition) is 2. The van der Waals surface area contributed by atoms with Crippen molar-refractivity contribution < 1.29 is 9.59 Å². The van der Waals surface area contributed by atoms with Gasteiger partial charge in [-0.2, -0.15) is 0 Å². The molecule has 2 N–H and O–H groups in total. The van der Waals surface area contributed by atoms with E-state index in [1.807, 2.05) is 6.92 Å². The standard InChI is InChI=1S/C18H21N5O2/c1-12-9-16(23-17(24)13-5-3-2-4-6-13)21-11-14(12)22-18(25)15-10-19-7-8-20-15/h7-11,13H,2-6H2,1H3,(H,22,25)(H,21,23,24). The molecule has 0 radical (unpaired) electrons. The Morgan fingerprint density at radius 1 is 1.04 bits per heavy atom. The zero-order valence-corrected chi connectivity index (χ0v) is 14.2. The number of nitrogens with one attached hydrogen (secondary N) is 2. The molecule has 0 aliphatic heterocycles. The molecule has 7 nitrogen and oxygen atoms in total. The molecule has 3 rings (SSSR count). The van der Waals surface area contributed by atoms with Crippen molar-refractivity contribution in [1.29, 1.82) is 0 Å². The third-order valence-corrected chi connectivity index (χ3v) is 4.38. The van der Waals surface area contributed by atoms with Crippen LogP contribution in [0, 0.1) is 12.8 Å². The van der Waals surface area contributed by atoms with Gasteiger partial charge in [-0.1, -0.05) is 19.3 Å². The van der Waals surface area contributed by atoms with E-state index in [0.29, 0.717) is 11.5 Å². The minimum atomic E-state index is -0.350. The fourth-order valence-corrected chi connectivity index (χ4v) is 2.95. The predicted molar refractivity (Wildman–Crippen MR) is 94.2 cm³/mol. The summed E-state index contributed by atoms with van der Waals surface area (Å²) in [6, 6.07) is 1.76. The summed E-state index contributed by atoms with van der Waals surface area (Å²) in [5.41, 5.74) is 1.62. The van der Waals surface area contributed by atoms with Crippen LogP contribution in [0.5, 0.6) is 0 Å². The van der Waals surface area contributed by atoms with E-state index in [1.165, 1.54) is 25.0 Å². The number of carbonyl (C=O) groups excluding carboxylic acids is 2. The van der Waals surface area contributed by atoms with Crippen LogP contribution >= 0.6 is 0 Å². The minimum Gasteiger partial charge on any atom is -0.319 e. The highest BCUT2D eigenvalue weighted by Crippen LogP contribution is 2.25. The molecule has 130 valence electrons. The molecule has 1 fully saturated rings. The Balaban J connectivity index is 1.64. The maximum atomic E-state index is 12.3. The Bertz CT molecular complexity index is 757. The molecular weight excluding hydrogens is 318 g/mol. The number of amides is 2. The first-order valence-electron chi connectivity index (χ1n) is 8.48. The lowest BCUT2D eigenvalue weighted by Crippen LogP contribution is -2.25. The van der Waals surface area contributed by atoms with Gasteiger partial charge in [0, 0.05) is 18.3 Å². The lowest BCUT2D eigenvalue weighted by molar-refractivity contribution is -0.120. The van der Waals surface area contributed by atoms with Gasteiger partial charge in [0.05, 0.1) is 18.1 Å². The molecule has 0 atom stereocenters. The highest BCUT2D eigenvalue weighted by molar-refractivity contribution is 6.03. The van der Waals surface area contributed by atoms with Crippen LogP contribution in [0.3, 0.4) is 0 Å². The molecule has 0 bridgehead atoms. The number of aromatic nitrogens is 3.